The van der Waals surface area contributed by atoms with Crippen molar-refractivity contribution in [2.45, 2.75) is 26.7 Å². The lowest BCUT2D eigenvalue weighted by Crippen LogP contribution is -2.05. The molecule has 0 saturated carbocycles. The van der Waals surface area contributed by atoms with E-state index in [1.54, 1.807) is 25.3 Å². The van der Waals surface area contributed by atoms with E-state index >= 15 is 0 Å². The quantitative estimate of drug-likeness (QED) is 0.748. The van der Waals surface area contributed by atoms with Gasteiger partial charge in [0, 0.05) is 10.6 Å². The van der Waals surface area contributed by atoms with Crippen LogP contribution in [-0.2, 0) is 12.8 Å². The molecule has 0 amide bonds. The van der Waals surface area contributed by atoms with Crippen molar-refractivity contribution in [3.8, 4) is 5.75 Å². The van der Waals surface area contributed by atoms with Crippen LogP contribution in [0.1, 0.15) is 40.9 Å². The number of methoxy groups -OCH3 is 1. The summed E-state index contributed by atoms with van der Waals surface area (Å²) in [5, 5.41) is 0.555. The topological polar surface area (TPSA) is 26.3 Å². The molecule has 0 aliphatic carbocycles. The lowest BCUT2D eigenvalue weighted by molar-refractivity contribution is 0.103. The lowest BCUT2D eigenvalue weighted by Gasteiger charge is -2.11. The van der Waals surface area contributed by atoms with E-state index in [4.69, 9.17) is 16.3 Å². The first-order chi connectivity index (χ1) is 10.1. The zero-order valence-corrected chi connectivity index (χ0v) is 13.3. The van der Waals surface area contributed by atoms with Crippen molar-refractivity contribution in [1.29, 1.82) is 0 Å². The second-order valence-electron chi connectivity index (χ2n) is 4.86. The predicted octanol–water partition coefficient (Wildman–Crippen LogP) is 4.70. The Bertz CT molecular complexity index is 662. The van der Waals surface area contributed by atoms with Crippen LogP contribution in [0.5, 0.6) is 5.75 Å². The van der Waals surface area contributed by atoms with Gasteiger partial charge in [-0.2, -0.15) is 0 Å². The summed E-state index contributed by atoms with van der Waals surface area (Å²) < 4.78 is 5.26. The number of carbonyl (C=O) groups excluding carboxylic acids is 1. The number of hydrogen-bond acceptors (Lipinski definition) is 2. The Hall–Kier alpha value is -1.80. The molecule has 0 radical (unpaired) electrons. The molecule has 0 aromatic heterocycles. The van der Waals surface area contributed by atoms with Gasteiger partial charge in [0.05, 0.1) is 12.7 Å². The van der Waals surface area contributed by atoms with Gasteiger partial charge in [0.15, 0.2) is 5.78 Å². The van der Waals surface area contributed by atoms with Gasteiger partial charge in [-0.05, 0) is 48.2 Å². The van der Waals surface area contributed by atoms with E-state index in [1.807, 2.05) is 18.2 Å². The van der Waals surface area contributed by atoms with E-state index in [2.05, 4.69) is 13.8 Å². The van der Waals surface area contributed by atoms with Crippen molar-refractivity contribution in [2.75, 3.05) is 7.11 Å². The Morgan fingerprint density at radius 2 is 1.76 bits per heavy atom. The van der Waals surface area contributed by atoms with Crippen LogP contribution in [0.25, 0.3) is 0 Å². The summed E-state index contributed by atoms with van der Waals surface area (Å²) in [6.45, 7) is 4.23. The van der Waals surface area contributed by atoms with Crippen LogP contribution in [-0.4, -0.2) is 12.9 Å². The molecular weight excluding hydrogens is 284 g/mol. The van der Waals surface area contributed by atoms with Crippen molar-refractivity contribution >= 4 is 17.4 Å². The molecule has 0 aliphatic heterocycles. The maximum atomic E-state index is 12.7. The van der Waals surface area contributed by atoms with Gasteiger partial charge in [0.2, 0.25) is 0 Å². The van der Waals surface area contributed by atoms with E-state index in [9.17, 15) is 4.79 Å². The highest BCUT2D eigenvalue weighted by atomic mass is 35.5. The molecule has 0 atom stereocenters. The Morgan fingerprint density at radius 3 is 2.38 bits per heavy atom. The number of halogens is 1. The average molecular weight is 303 g/mol. The first-order valence-corrected chi connectivity index (χ1v) is 7.48. The van der Waals surface area contributed by atoms with E-state index in [1.165, 1.54) is 11.1 Å². The number of hydrogen-bond donors (Lipinski definition) is 0. The molecule has 0 aliphatic rings. The van der Waals surface area contributed by atoms with Crippen LogP contribution >= 0.6 is 11.6 Å². The third-order valence-corrected chi connectivity index (χ3v) is 3.87. The van der Waals surface area contributed by atoms with Gasteiger partial charge in [-0.1, -0.05) is 37.6 Å². The van der Waals surface area contributed by atoms with Crippen LogP contribution in [0.3, 0.4) is 0 Å². The molecule has 0 spiro atoms. The average Bonchev–Trinajstić information content (AvgIpc) is 2.53. The molecule has 0 bridgehead atoms. The molecular formula is C18H19ClO2. The molecule has 21 heavy (non-hydrogen) atoms. The fourth-order valence-electron chi connectivity index (χ4n) is 2.45. The van der Waals surface area contributed by atoms with E-state index in [-0.39, 0.29) is 5.78 Å². The largest absolute Gasteiger partial charge is 0.496 e. The predicted molar refractivity (Wildman–Crippen MR) is 86.6 cm³/mol. The van der Waals surface area contributed by atoms with E-state index in [0.29, 0.717) is 21.9 Å². The fraction of sp³-hybridized carbons (Fsp3) is 0.278. The third kappa shape index (κ3) is 3.27. The summed E-state index contributed by atoms with van der Waals surface area (Å²) in [5.74, 6) is 0.464. The second-order valence-corrected chi connectivity index (χ2v) is 5.30. The van der Waals surface area contributed by atoms with Crippen molar-refractivity contribution in [2.24, 2.45) is 0 Å². The van der Waals surface area contributed by atoms with Crippen molar-refractivity contribution in [3.63, 3.8) is 0 Å². The molecule has 2 aromatic carbocycles. The fourth-order valence-corrected chi connectivity index (χ4v) is 2.61. The number of ketones is 1. The van der Waals surface area contributed by atoms with E-state index < -0.39 is 0 Å². The number of aryl methyl sites for hydroxylation is 2. The lowest BCUT2D eigenvalue weighted by atomic mass is 9.95. The second kappa shape index (κ2) is 6.77. The van der Waals surface area contributed by atoms with Gasteiger partial charge >= 0.3 is 0 Å². The Labute approximate surface area is 130 Å². The zero-order valence-electron chi connectivity index (χ0n) is 12.6. The summed E-state index contributed by atoms with van der Waals surface area (Å²) in [6, 6.07) is 11.0. The van der Waals surface area contributed by atoms with Crippen molar-refractivity contribution in [1.82, 2.24) is 0 Å². The Balaban J connectivity index is 2.45. The summed E-state index contributed by atoms with van der Waals surface area (Å²) in [5.41, 5.74) is 3.73. The molecule has 0 N–H and O–H groups in total. The number of ether oxygens (including phenoxy) is 1. The van der Waals surface area contributed by atoms with E-state index in [0.717, 1.165) is 12.8 Å². The standard InChI is InChI=1S/C18H19ClO2/c1-4-12-6-7-14(10-13(12)5-2)18(20)16-9-8-15(19)11-17(16)21-3/h6-11H,4-5H2,1-3H3. The Kier molecular flexibility index (Phi) is 5.03. The maximum Gasteiger partial charge on any atom is 0.196 e. The minimum atomic E-state index is -0.0409. The highest BCUT2D eigenvalue weighted by Crippen LogP contribution is 2.26. The molecule has 3 heteroatoms. The van der Waals surface area contributed by atoms with Gasteiger partial charge in [0.25, 0.3) is 0 Å². The minimum absolute atomic E-state index is 0.0409. The van der Waals surface area contributed by atoms with Gasteiger partial charge in [-0.25, -0.2) is 0 Å². The highest BCUT2D eigenvalue weighted by molar-refractivity contribution is 6.31. The number of rotatable bonds is 5. The minimum Gasteiger partial charge on any atom is -0.496 e. The summed E-state index contributed by atoms with van der Waals surface area (Å²) >= 11 is 5.94. The van der Waals surface area contributed by atoms with Crippen LogP contribution < -0.4 is 4.74 Å². The SMILES string of the molecule is CCc1ccc(C(=O)c2ccc(Cl)cc2OC)cc1CC. The third-order valence-electron chi connectivity index (χ3n) is 3.64. The summed E-state index contributed by atoms with van der Waals surface area (Å²) in [6.07, 6.45) is 1.89. The highest BCUT2D eigenvalue weighted by Gasteiger charge is 2.16. The number of benzene rings is 2. The van der Waals surface area contributed by atoms with Crippen molar-refractivity contribution in [3.05, 3.63) is 63.7 Å². The number of carbonyl (C=O) groups is 1. The normalized spacial score (nSPS) is 10.5. The zero-order chi connectivity index (χ0) is 15.4. The van der Waals surface area contributed by atoms with Gasteiger partial charge in [-0.15, -0.1) is 0 Å². The molecule has 0 fully saturated rings. The van der Waals surface area contributed by atoms with Crippen LogP contribution in [0, 0.1) is 0 Å². The molecule has 110 valence electrons. The maximum absolute atomic E-state index is 12.7. The smallest absolute Gasteiger partial charge is 0.196 e. The van der Waals surface area contributed by atoms with Gasteiger partial charge in [-0.3, -0.25) is 4.79 Å². The molecule has 0 saturated heterocycles. The van der Waals surface area contributed by atoms with Crippen LogP contribution in [0.2, 0.25) is 5.02 Å². The summed E-state index contributed by atoms with van der Waals surface area (Å²) in [4.78, 5) is 12.7. The summed E-state index contributed by atoms with van der Waals surface area (Å²) in [7, 11) is 1.54. The Morgan fingerprint density at radius 1 is 1.05 bits per heavy atom. The molecule has 2 nitrogen and oxygen atoms in total. The van der Waals surface area contributed by atoms with Crippen molar-refractivity contribution < 1.29 is 9.53 Å². The van der Waals surface area contributed by atoms with Crippen LogP contribution in [0.4, 0.5) is 0 Å². The molecule has 2 rings (SSSR count). The molecule has 0 heterocycles. The molecule has 0 unspecified atom stereocenters. The first-order valence-electron chi connectivity index (χ1n) is 7.10. The van der Waals surface area contributed by atoms with Gasteiger partial charge in [0.1, 0.15) is 5.75 Å². The monoisotopic (exact) mass is 302 g/mol. The molecule has 2 aromatic rings. The van der Waals surface area contributed by atoms with Gasteiger partial charge < -0.3 is 4.74 Å². The van der Waals surface area contributed by atoms with Crippen LogP contribution in [0.15, 0.2) is 36.4 Å². The first kappa shape index (κ1) is 15.6.